The number of nitrogens with zero attached hydrogens (tertiary/aromatic N) is 2. The molecule has 0 bridgehead atoms. The van der Waals surface area contributed by atoms with Gasteiger partial charge in [-0.1, -0.05) is 42.5 Å². The van der Waals surface area contributed by atoms with E-state index in [9.17, 15) is 4.79 Å². The molecule has 5 nitrogen and oxygen atoms in total. The van der Waals surface area contributed by atoms with Crippen LogP contribution < -0.4 is 10.1 Å². The predicted molar refractivity (Wildman–Crippen MR) is 116 cm³/mol. The monoisotopic (exact) mass is 383 g/mol. The first-order valence-electron chi connectivity index (χ1n) is 9.39. The van der Waals surface area contributed by atoms with Crippen LogP contribution in [-0.4, -0.2) is 24.6 Å². The highest BCUT2D eigenvalue weighted by Gasteiger charge is 2.26. The number of hydrogen-bond acceptors (Lipinski definition) is 4. The second kappa shape index (κ2) is 8.10. The molecule has 29 heavy (non-hydrogen) atoms. The van der Waals surface area contributed by atoms with Gasteiger partial charge in [0.15, 0.2) is 0 Å². The average Bonchev–Trinajstić information content (AvgIpc) is 2.89. The van der Waals surface area contributed by atoms with Crippen LogP contribution in [0.2, 0.25) is 0 Å². The molecule has 0 saturated carbocycles. The highest BCUT2D eigenvalue weighted by Crippen LogP contribution is 2.34. The summed E-state index contributed by atoms with van der Waals surface area (Å²) in [6.45, 7) is 1.96. The molecule has 3 aromatic carbocycles. The minimum absolute atomic E-state index is 0.199. The van der Waals surface area contributed by atoms with E-state index in [-0.39, 0.29) is 11.8 Å². The Balaban J connectivity index is 1.78. The van der Waals surface area contributed by atoms with Crippen LogP contribution in [0.1, 0.15) is 28.8 Å². The molecule has 0 saturated heterocycles. The highest BCUT2D eigenvalue weighted by atomic mass is 16.5. The van der Waals surface area contributed by atoms with E-state index in [4.69, 9.17) is 14.7 Å². The van der Waals surface area contributed by atoms with Crippen molar-refractivity contribution in [3.8, 4) is 5.75 Å². The van der Waals surface area contributed by atoms with Crippen LogP contribution in [0.5, 0.6) is 5.75 Å². The predicted octanol–water partition coefficient (Wildman–Crippen LogP) is 5.05. The number of amidine groups is 1. The maximum Gasteiger partial charge on any atom is 0.256 e. The Labute approximate surface area is 169 Å². The molecule has 0 fully saturated rings. The van der Waals surface area contributed by atoms with Crippen LogP contribution in [0.25, 0.3) is 0 Å². The molecule has 0 aromatic heterocycles. The summed E-state index contributed by atoms with van der Waals surface area (Å²) in [6.07, 6.45) is 0. The van der Waals surface area contributed by atoms with Crippen LogP contribution in [0.3, 0.4) is 0 Å². The summed E-state index contributed by atoms with van der Waals surface area (Å²) in [7, 11) is 1.64. The van der Waals surface area contributed by atoms with Gasteiger partial charge in [-0.25, -0.2) is 4.99 Å². The molecule has 1 amide bonds. The molecular weight excluding hydrogens is 362 g/mol. The lowest BCUT2D eigenvalue weighted by atomic mass is 9.93. The minimum atomic E-state index is -0.277. The topological polar surface area (TPSA) is 63.1 Å². The van der Waals surface area contributed by atoms with E-state index in [1.54, 1.807) is 19.2 Å². The van der Waals surface area contributed by atoms with Gasteiger partial charge < -0.3 is 10.1 Å². The van der Waals surface area contributed by atoms with Gasteiger partial charge in [0.2, 0.25) is 0 Å². The Bertz CT molecular complexity index is 1090. The third-order valence-corrected chi connectivity index (χ3v) is 4.84. The number of rotatable bonds is 3. The molecule has 1 aliphatic rings. The van der Waals surface area contributed by atoms with Gasteiger partial charge in [-0.3, -0.25) is 9.79 Å². The van der Waals surface area contributed by atoms with Crippen molar-refractivity contribution in [2.24, 2.45) is 9.98 Å². The molecule has 0 radical (unpaired) electrons. The molecule has 4 rings (SSSR count). The van der Waals surface area contributed by atoms with E-state index in [1.165, 1.54) is 0 Å². The summed E-state index contributed by atoms with van der Waals surface area (Å²) >= 11 is 0. The van der Waals surface area contributed by atoms with E-state index in [1.807, 2.05) is 73.7 Å². The fraction of sp³-hybridized carbons (Fsp3) is 0.125. The normalized spacial score (nSPS) is 15.4. The molecule has 1 atom stereocenters. The van der Waals surface area contributed by atoms with Crippen LogP contribution in [0.15, 0.2) is 88.8 Å². The minimum Gasteiger partial charge on any atom is -0.497 e. The van der Waals surface area contributed by atoms with Crippen molar-refractivity contribution in [1.29, 1.82) is 0 Å². The lowest BCUT2D eigenvalue weighted by Crippen LogP contribution is -2.37. The van der Waals surface area contributed by atoms with Gasteiger partial charge in [-0.05, 0) is 48.9 Å². The Hall–Kier alpha value is -3.73. The lowest BCUT2D eigenvalue weighted by molar-refractivity contribution is 0.0976. The zero-order chi connectivity index (χ0) is 20.2. The summed E-state index contributed by atoms with van der Waals surface area (Å²) in [5.74, 6) is 0.846. The first kappa shape index (κ1) is 18.6. The first-order chi connectivity index (χ1) is 14.2. The SMILES string of the molecule is COc1ccc(C2C(C)=Nc3ccccc3N=C2NC(=O)c2ccccc2)cc1. The summed E-state index contributed by atoms with van der Waals surface area (Å²) in [4.78, 5) is 22.5. The maximum atomic E-state index is 12.9. The average molecular weight is 383 g/mol. The van der Waals surface area contributed by atoms with Crippen molar-refractivity contribution in [1.82, 2.24) is 5.32 Å². The zero-order valence-corrected chi connectivity index (χ0v) is 16.3. The molecule has 144 valence electrons. The maximum absolute atomic E-state index is 12.9. The van der Waals surface area contributed by atoms with Gasteiger partial charge in [0, 0.05) is 11.3 Å². The van der Waals surface area contributed by atoms with Crippen molar-refractivity contribution < 1.29 is 9.53 Å². The van der Waals surface area contributed by atoms with Gasteiger partial charge >= 0.3 is 0 Å². The van der Waals surface area contributed by atoms with E-state index in [2.05, 4.69) is 5.32 Å². The van der Waals surface area contributed by atoms with Crippen LogP contribution in [-0.2, 0) is 0 Å². The molecule has 0 aliphatic carbocycles. The summed E-state index contributed by atoms with van der Waals surface area (Å²) < 4.78 is 5.28. The number of fused-ring (bicyclic) bond motifs is 1. The molecule has 1 N–H and O–H groups in total. The number of aliphatic imine (C=N–C) groups is 2. The smallest absolute Gasteiger partial charge is 0.256 e. The zero-order valence-electron chi connectivity index (χ0n) is 16.3. The van der Waals surface area contributed by atoms with Crippen molar-refractivity contribution >= 4 is 28.8 Å². The largest absolute Gasteiger partial charge is 0.497 e. The number of carbonyl (C=O) groups excluding carboxylic acids is 1. The Morgan fingerprint density at radius 2 is 1.48 bits per heavy atom. The second-order valence-electron chi connectivity index (χ2n) is 6.77. The molecule has 1 unspecified atom stereocenters. The fourth-order valence-corrected chi connectivity index (χ4v) is 3.37. The van der Waals surface area contributed by atoms with Crippen LogP contribution in [0, 0.1) is 0 Å². The van der Waals surface area contributed by atoms with Crippen molar-refractivity contribution in [2.75, 3.05) is 7.11 Å². The molecular formula is C24H21N3O2. The quantitative estimate of drug-likeness (QED) is 0.688. The van der Waals surface area contributed by atoms with Gasteiger partial charge in [-0.15, -0.1) is 0 Å². The first-order valence-corrected chi connectivity index (χ1v) is 9.39. The van der Waals surface area contributed by atoms with Crippen molar-refractivity contribution in [3.05, 3.63) is 90.0 Å². The van der Waals surface area contributed by atoms with Crippen molar-refractivity contribution in [2.45, 2.75) is 12.8 Å². The third kappa shape index (κ3) is 3.94. The number of hydrogen-bond donors (Lipinski definition) is 1. The fourth-order valence-electron chi connectivity index (χ4n) is 3.37. The molecule has 5 heteroatoms. The summed E-state index contributed by atoms with van der Waals surface area (Å²) in [6, 6.07) is 24.5. The number of methoxy groups -OCH3 is 1. The Morgan fingerprint density at radius 1 is 0.862 bits per heavy atom. The van der Waals surface area contributed by atoms with Crippen LogP contribution >= 0.6 is 0 Å². The van der Waals surface area contributed by atoms with Gasteiger partial charge in [0.1, 0.15) is 11.6 Å². The second-order valence-corrected chi connectivity index (χ2v) is 6.77. The van der Waals surface area contributed by atoms with Crippen LogP contribution in [0.4, 0.5) is 11.4 Å². The Kier molecular flexibility index (Phi) is 5.20. The van der Waals surface area contributed by atoms with Gasteiger partial charge in [0.05, 0.1) is 24.4 Å². The standard InChI is InChI=1S/C24H21N3O2/c1-16-22(17-12-14-19(29-2)15-13-17)23(26-21-11-7-6-10-20(21)25-16)27-24(28)18-8-4-3-5-9-18/h3-15,22H,1-2H3,(H,26,27,28). The number of carbonyl (C=O) groups is 1. The van der Waals surface area contributed by atoms with E-state index < -0.39 is 0 Å². The molecule has 0 spiro atoms. The molecule has 1 aliphatic heterocycles. The number of para-hydroxylation sites is 2. The number of nitrogens with one attached hydrogen (secondary N) is 1. The number of benzene rings is 3. The molecule has 1 heterocycles. The van der Waals surface area contributed by atoms with Gasteiger partial charge in [-0.2, -0.15) is 0 Å². The number of amides is 1. The van der Waals surface area contributed by atoms with E-state index in [0.29, 0.717) is 11.4 Å². The lowest BCUT2D eigenvalue weighted by Gasteiger charge is -2.19. The highest BCUT2D eigenvalue weighted by molar-refractivity contribution is 6.19. The van der Waals surface area contributed by atoms with Crippen molar-refractivity contribution in [3.63, 3.8) is 0 Å². The summed E-state index contributed by atoms with van der Waals surface area (Å²) in [5, 5.41) is 3.02. The van der Waals surface area contributed by atoms with E-state index >= 15 is 0 Å². The molecule has 3 aromatic rings. The van der Waals surface area contributed by atoms with Gasteiger partial charge in [0.25, 0.3) is 5.91 Å². The summed E-state index contributed by atoms with van der Waals surface area (Å²) in [5.41, 5.74) is 3.92. The third-order valence-electron chi connectivity index (χ3n) is 4.84. The van der Waals surface area contributed by atoms with E-state index in [0.717, 1.165) is 28.4 Å². The Morgan fingerprint density at radius 3 is 2.14 bits per heavy atom. The number of ether oxygens (including phenoxy) is 1.